The molecule has 17 heavy (non-hydrogen) atoms. The Morgan fingerprint density at radius 2 is 2.18 bits per heavy atom. The van der Waals surface area contributed by atoms with E-state index in [1.807, 2.05) is 0 Å². The van der Waals surface area contributed by atoms with E-state index in [0.29, 0.717) is 11.9 Å². The van der Waals surface area contributed by atoms with Crippen LogP contribution >= 0.6 is 0 Å². The van der Waals surface area contributed by atoms with Crippen molar-refractivity contribution in [3.05, 3.63) is 0 Å². The topological polar surface area (TPSA) is 46.3 Å². The van der Waals surface area contributed by atoms with Gasteiger partial charge in [-0.2, -0.15) is 0 Å². The molecule has 0 bridgehead atoms. The van der Waals surface area contributed by atoms with Gasteiger partial charge >= 0.3 is 0 Å². The van der Waals surface area contributed by atoms with Crippen molar-refractivity contribution >= 4 is 5.91 Å². The Kier molecular flexibility index (Phi) is 5.96. The van der Waals surface area contributed by atoms with E-state index in [2.05, 4.69) is 25.7 Å². The van der Waals surface area contributed by atoms with E-state index in [1.165, 1.54) is 6.42 Å². The van der Waals surface area contributed by atoms with Gasteiger partial charge in [-0.15, -0.1) is 0 Å². The molecule has 1 fully saturated rings. The second-order valence-electron chi connectivity index (χ2n) is 5.41. The molecular weight excluding hydrogens is 212 g/mol. The number of hydrogen-bond acceptors (Lipinski definition) is 2. The molecule has 1 aliphatic rings. The third-order valence-corrected chi connectivity index (χ3v) is 3.95. The zero-order valence-electron chi connectivity index (χ0n) is 11.6. The molecule has 0 aliphatic carbocycles. The molecule has 0 aromatic heterocycles. The maximum atomic E-state index is 12.4. The molecule has 0 aromatic carbocycles. The molecule has 0 radical (unpaired) electrons. The first-order chi connectivity index (χ1) is 8.10. The summed E-state index contributed by atoms with van der Waals surface area (Å²) >= 11 is 0. The lowest BCUT2D eigenvalue weighted by Gasteiger charge is -2.38. The van der Waals surface area contributed by atoms with Gasteiger partial charge in [0.15, 0.2) is 0 Å². The molecular formula is C14H28N2O. The van der Waals surface area contributed by atoms with Crippen molar-refractivity contribution in [3.63, 3.8) is 0 Å². The normalized spacial score (nSPS) is 26.9. The monoisotopic (exact) mass is 240 g/mol. The molecule has 3 heteroatoms. The van der Waals surface area contributed by atoms with Crippen LogP contribution in [0, 0.1) is 5.92 Å². The van der Waals surface area contributed by atoms with Crippen molar-refractivity contribution in [3.8, 4) is 0 Å². The molecule has 100 valence electrons. The smallest absolute Gasteiger partial charge is 0.225 e. The molecule has 0 aromatic rings. The van der Waals surface area contributed by atoms with Gasteiger partial charge in [0.05, 0.1) is 0 Å². The highest BCUT2D eigenvalue weighted by atomic mass is 16.2. The van der Waals surface area contributed by atoms with E-state index in [9.17, 15) is 4.79 Å². The van der Waals surface area contributed by atoms with E-state index in [4.69, 9.17) is 5.73 Å². The van der Waals surface area contributed by atoms with Gasteiger partial charge in [-0.05, 0) is 32.6 Å². The molecule has 3 atom stereocenters. The van der Waals surface area contributed by atoms with Gasteiger partial charge in [0.2, 0.25) is 5.91 Å². The SMILES string of the molecule is CCCCC(CC)C(=O)N1CCC(N)CC1C. The number of rotatable bonds is 5. The summed E-state index contributed by atoms with van der Waals surface area (Å²) in [5.41, 5.74) is 5.94. The first-order valence-electron chi connectivity index (χ1n) is 7.16. The highest BCUT2D eigenvalue weighted by Gasteiger charge is 2.30. The van der Waals surface area contributed by atoms with Gasteiger partial charge in [-0.25, -0.2) is 0 Å². The quantitative estimate of drug-likeness (QED) is 0.802. The summed E-state index contributed by atoms with van der Waals surface area (Å²) < 4.78 is 0. The minimum Gasteiger partial charge on any atom is -0.340 e. The van der Waals surface area contributed by atoms with Crippen LogP contribution in [-0.4, -0.2) is 29.4 Å². The van der Waals surface area contributed by atoms with Crippen molar-refractivity contribution in [2.45, 2.75) is 71.4 Å². The van der Waals surface area contributed by atoms with Crippen LogP contribution in [0.5, 0.6) is 0 Å². The molecule has 0 spiro atoms. The predicted molar refractivity (Wildman–Crippen MR) is 71.7 cm³/mol. The van der Waals surface area contributed by atoms with Crippen LogP contribution in [0.1, 0.15) is 59.3 Å². The van der Waals surface area contributed by atoms with Crippen LogP contribution in [0.4, 0.5) is 0 Å². The third-order valence-electron chi connectivity index (χ3n) is 3.95. The van der Waals surface area contributed by atoms with E-state index >= 15 is 0 Å². The van der Waals surface area contributed by atoms with Gasteiger partial charge in [-0.3, -0.25) is 4.79 Å². The van der Waals surface area contributed by atoms with Crippen molar-refractivity contribution in [1.29, 1.82) is 0 Å². The van der Waals surface area contributed by atoms with E-state index in [0.717, 1.165) is 38.6 Å². The minimum atomic E-state index is 0.228. The summed E-state index contributed by atoms with van der Waals surface area (Å²) in [7, 11) is 0. The Bertz CT molecular complexity index is 242. The Balaban J connectivity index is 2.54. The van der Waals surface area contributed by atoms with E-state index in [1.54, 1.807) is 0 Å². The van der Waals surface area contributed by atoms with Crippen LogP contribution in [0.2, 0.25) is 0 Å². The molecule has 1 saturated heterocycles. The number of carbonyl (C=O) groups is 1. The number of hydrogen-bond donors (Lipinski definition) is 1. The summed E-state index contributed by atoms with van der Waals surface area (Å²) in [6, 6.07) is 0.603. The van der Waals surface area contributed by atoms with E-state index < -0.39 is 0 Å². The largest absolute Gasteiger partial charge is 0.340 e. The summed E-state index contributed by atoms with van der Waals surface area (Å²) in [4.78, 5) is 14.5. The average molecular weight is 240 g/mol. The highest BCUT2D eigenvalue weighted by Crippen LogP contribution is 2.22. The zero-order valence-corrected chi connectivity index (χ0v) is 11.6. The van der Waals surface area contributed by atoms with Gasteiger partial charge in [0.25, 0.3) is 0 Å². The first-order valence-corrected chi connectivity index (χ1v) is 7.16. The van der Waals surface area contributed by atoms with Crippen molar-refractivity contribution in [2.75, 3.05) is 6.54 Å². The maximum absolute atomic E-state index is 12.4. The molecule has 1 amide bonds. The lowest BCUT2D eigenvalue weighted by Crippen LogP contribution is -2.50. The van der Waals surface area contributed by atoms with Crippen LogP contribution in [0.15, 0.2) is 0 Å². The Labute approximate surface area is 106 Å². The van der Waals surface area contributed by atoms with E-state index in [-0.39, 0.29) is 12.0 Å². The van der Waals surface area contributed by atoms with Gasteiger partial charge in [-0.1, -0.05) is 26.7 Å². The number of nitrogens with zero attached hydrogens (tertiary/aromatic N) is 1. The fraction of sp³-hybridized carbons (Fsp3) is 0.929. The number of carbonyl (C=O) groups excluding carboxylic acids is 1. The number of likely N-dealkylation sites (tertiary alicyclic amines) is 1. The summed E-state index contributed by atoms with van der Waals surface area (Å²) in [5, 5.41) is 0. The average Bonchev–Trinajstić information content (AvgIpc) is 2.29. The number of piperidine rings is 1. The van der Waals surface area contributed by atoms with Gasteiger partial charge in [0.1, 0.15) is 0 Å². The summed E-state index contributed by atoms with van der Waals surface area (Å²) in [6.07, 6.45) is 6.25. The Morgan fingerprint density at radius 3 is 2.71 bits per heavy atom. The van der Waals surface area contributed by atoms with Crippen LogP contribution < -0.4 is 5.73 Å². The number of amides is 1. The molecule has 1 heterocycles. The zero-order chi connectivity index (χ0) is 12.8. The lowest BCUT2D eigenvalue weighted by molar-refractivity contribution is -0.139. The number of unbranched alkanes of at least 4 members (excludes halogenated alkanes) is 1. The standard InChI is InChI=1S/C14H28N2O/c1-4-6-7-12(5-2)14(17)16-9-8-13(15)10-11(16)3/h11-13H,4-10,15H2,1-3H3. The third kappa shape index (κ3) is 3.98. The van der Waals surface area contributed by atoms with Crippen LogP contribution in [0.3, 0.4) is 0 Å². The fourth-order valence-electron chi connectivity index (χ4n) is 2.72. The van der Waals surface area contributed by atoms with Crippen molar-refractivity contribution < 1.29 is 4.79 Å². The highest BCUT2D eigenvalue weighted by molar-refractivity contribution is 5.79. The number of nitrogens with two attached hydrogens (primary N) is 1. The van der Waals surface area contributed by atoms with Gasteiger partial charge < -0.3 is 10.6 Å². The molecule has 3 unspecified atom stereocenters. The Hall–Kier alpha value is -0.570. The van der Waals surface area contributed by atoms with Crippen molar-refractivity contribution in [2.24, 2.45) is 11.7 Å². The lowest BCUT2D eigenvalue weighted by atomic mass is 9.93. The van der Waals surface area contributed by atoms with Gasteiger partial charge in [0, 0.05) is 24.5 Å². The second kappa shape index (κ2) is 7.00. The molecule has 3 nitrogen and oxygen atoms in total. The van der Waals surface area contributed by atoms with Crippen molar-refractivity contribution in [1.82, 2.24) is 4.90 Å². The predicted octanol–water partition coefficient (Wildman–Crippen LogP) is 2.54. The maximum Gasteiger partial charge on any atom is 0.225 e. The second-order valence-corrected chi connectivity index (χ2v) is 5.41. The first kappa shape index (κ1) is 14.5. The van der Waals surface area contributed by atoms with Crippen LogP contribution in [0.25, 0.3) is 0 Å². The fourth-order valence-corrected chi connectivity index (χ4v) is 2.72. The minimum absolute atomic E-state index is 0.228. The molecule has 1 aliphatic heterocycles. The summed E-state index contributed by atoms with van der Waals surface area (Å²) in [5.74, 6) is 0.590. The Morgan fingerprint density at radius 1 is 1.47 bits per heavy atom. The van der Waals surface area contributed by atoms with Crippen LogP contribution in [-0.2, 0) is 4.79 Å². The molecule has 0 saturated carbocycles. The molecule has 1 rings (SSSR count). The molecule has 2 N–H and O–H groups in total. The summed E-state index contributed by atoms with van der Waals surface area (Å²) in [6.45, 7) is 7.28.